The minimum absolute atomic E-state index is 0.0892. The molecule has 3 heteroatoms. The van der Waals surface area contributed by atoms with Crippen LogP contribution in [-0.2, 0) is 5.41 Å². The fourth-order valence-corrected chi connectivity index (χ4v) is 6.53. The molecule has 0 fully saturated rings. The van der Waals surface area contributed by atoms with Gasteiger partial charge in [0.1, 0.15) is 0 Å². The van der Waals surface area contributed by atoms with Gasteiger partial charge in [-0.2, -0.15) is 0 Å². The van der Waals surface area contributed by atoms with Crippen molar-refractivity contribution in [1.82, 2.24) is 15.0 Å². The largest absolute Gasteiger partial charge is 0.208 e. The van der Waals surface area contributed by atoms with Gasteiger partial charge in [0.05, 0.1) is 0 Å². The molecular weight excluding hydrogens is 522 g/mol. The molecule has 204 valence electrons. The first-order valence-electron chi connectivity index (χ1n) is 14.7. The van der Waals surface area contributed by atoms with Gasteiger partial charge in [-0.1, -0.05) is 147 Å². The Morgan fingerprint density at radius 1 is 0.419 bits per heavy atom. The standard InChI is InChI=1S/C40H29N3/c1-40(2)35-25-31(22-23-33(35)34-24-21-27-11-9-10-16-32(27)36(34)40)26-17-19-30(20-18-26)39-42-37(28-12-5-3-6-13-28)41-38(43-39)29-14-7-4-8-15-29/h3-25H,1-2H3. The van der Waals surface area contributed by atoms with E-state index in [1.54, 1.807) is 0 Å². The highest BCUT2D eigenvalue weighted by Crippen LogP contribution is 2.52. The molecule has 0 unspecified atom stereocenters. The Bertz CT molecular complexity index is 2070. The Balaban J connectivity index is 1.18. The zero-order chi connectivity index (χ0) is 29.0. The summed E-state index contributed by atoms with van der Waals surface area (Å²) < 4.78 is 0. The van der Waals surface area contributed by atoms with Crippen LogP contribution in [-0.4, -0.2) is 15.0 Å². The Morgan fingerprint density at radius 3 is 1.53 bits per heavy atom. The molecule has 8 rings (SSSR count). The Morgan fingerprint density at radius 2 is 0.907 bits per heavy atom. The second-order valence-electron chi connectivity index (χ2n) is 11.7. The third-order valence-corrected chi connectivity index (χ3v) is 8.71. The van der Waals surface area contributed by atoms with Gasteiger partial charge in [0.25, 0.3) is 0 Å². The molecule has 1 aromatic heterocycles. The van der Waals surface area contributed by atoms with Crippen LogP contribution >= 0.6 is 0 Å². The van der Waals surface area contributed by atoms with Gasteiger partial charge in [-0.05, 0) is 50.2 Å². The van der Waals surface area contributed by atoms with E-state index in [4.69, 9.17) is 15.0 Å². The lowest BCUT2D eigenvalue weighted by atomic mass is 9.79. The van der Waals surface area contributed by atoms with Crippen molar-refractivity contribution in [3.05, 3.63) is 151 Å². The van der Waals surface area contributed by atoms with Gasteiger partial charge in [0, 0.05) is 22.1 Å². The zero-order valence-corrected chi connectivity index (χ0v) is 24.1. The Kier molecular flexibility index (Phi) is 5.80. The van der Waals surface area contributed by atoms with Crippen molar-refractivity contribution in [2.24, 2.45) is 0 Å². The highest BCUT2D eigenvalue weighted by Gasteiger charge is 2.37. The molecule has 0 saturated carbocycles. The summed E-state index contributed by atoms with van der Waals surface area (Å²) in [4.78, 5) is 14.6. The van der Waals surface area contributed by atoms with Crippen molar-refractivity contribution in [2.75, 3.05) is 0 Å². The molecule has 0 atom stereocenters. The van der Waals surface area contributed by atoms with Gasteiger partial charge in [-0.15, -0.1) is 0 Å². The van der Waals surface area contributed by atoms with E-state index in [0.717, 1.165) is 16.7 Å². The first kappa shape index (κ1) is 25.3. The molecule has 1 aliphatic carbocycles. The molecule has 0 aliphatic heterocycles. The van der Waals surface area contributed by atoms with Crippen molar-refractivity contribution in [3.63, 3.8) is 0 Å². The number of fused-ring (bicyclic) bond motifs is 5. The second kappa shape index (κ2) is 9.85. The van der Waals surface area contributed by atoms with Crippen LogP contribution in [0.25, 0.3) is 67.2 Å². The van der Waals surface area contributed by atoms with Crippen molar-refractivity contribution >= 4 is 10.8 Å². The minimum atomic E-state index is -0.0892. The predicted octanol–water partition coefficient (Wildman–Crippen LogP) is 10.00. The van der Waals surface area contributed by atoms with Crippen LogP contribution in [0, 0.1) is 0 Å². The fraction of sp³-hybridized carbons (Fsp3) is 0.0750. The molecule has 0 spiro atoms. The maximum absolute atomic E-state index is 4.89. The molecule has 0 saturated heterocycles. The fourth-order valence-electron chi connectivity index (χ4n) is 6.53. The van der Waals surface area contributed by atoms with E-state index in [1.165, 1.54) is 44.2 Å². The van der Waals surface area contributed by atoms with Crippen LogP contribution in [0.1, 0.15) is 25.0 Å². The van der Waals surface area contributed by atoms with E-state index >= 15 is 0 Å². The van der Waals surface area contributed by atoms with Gasteiger partial charge in [-0.3, -0.25) is 0 Å². The topological polar surface area (TPSA) is 38.7 Å². The molecule has 6 aromatic carbocycles. The lowest BCUT2D eigenvalue weighted by Crippen LogP contribution is -2.15. The lowest BCUT2D eigenvalue weighted by Gasteiger charge is -2.23. The number of rotatable bonds is 4. The molecule has 0 N–H and O–H groups in total. The van der Waals surface area contributed by atoms with E-state index in [9.17, 15) is 0 Å². The maximum atomic E-state index is 4.89. The molecule has 3 nitrogen and oxygen atoms in total. The van der Waals surface area contributed by atoms with Gasteiger partial charge in [-0.25, -0.2) is 15.0 Å². The summed E-state index contributed by atoms with van der Waals surface area (Å²) in [5.74, 6) is 2.00. The molecule has 0 radical (unpaired) electrons. The molecule has 1 heterocycles. The molecule has 0 amide bonds. The highest BCUT2D eigenvalue weighted by atomic mass is 15.0. The zero-order valence-electron chi connectivity index (χ0n) is 24.1. The molecule has 43 heavy (non-hydrogen) atoms. The van der Waals surface area contributed by atoms with Crippen LogP contribution in [0.4, 0.5) is 0 Å². The van der Waals surface area contributed by atoms with Crippen LogP contribution in [0.2, 0.25) is 0 Å². The molecule has 0 bridgehead atoms. The van der Waals surface area contributed by atoms with Crippen molar-refractivity contribution in [1.29, 1.82) is 0 Å². The Hall–Kier alpha value is -5.41. The molecule has 7 aromatic rings. The van der Waals surface area contributed by atoms with Crippen LogP contribution < -0.4 is 0 Å². The first-order chi connectivity index (χ1) is 21.1. The summed E-state index contributed by atoms with van der Waals surface area (Å²) in [5.41, 5.74) is 10.7. The average molecular weight is 552 g/mol. The van der Waals surface area contributed by atoms with Crippen LogP contribution in [0.15, 0.2) is 140 Å². The van der Waals surface area contributed by atoms with Crippen LogP contribution in [0.3, 0.4) is 0 Å². The number of hydrogen-bond acceptors (Lipinski definition) is 3. The average Bonchev–Trinajstić information content (AvgIpc) is 3.31. The van der Waals surface area contributed by atoms with E-state index in [0.29, 0.717) is 17.5 Å². The van der Waals surface area contributed by atoms with Crippen LogP contribution in [0.5, 0.6) is 0 Å². The van der Waals surface area contributed by atoms with Gasteiger partial charge in [0.15, 0.2) is 17.5 Å². The maximum Gasteiger partial charge on any atom is 0.164 e. The number of hydrogen-bond donors (Lipinski definition) is 0. The smallest absolute Gasteiger partial charge is 0.164 e. The summed E-state index contributed by atoms with van der Waals surface area (Å²) in [6.45, 7) is 4.71. The summed E-state index contributed by atoms with van der Waals surface area (Å²) in [6.07, 6.45) is 0. The lowest BCUT2D eigenvalue weighted by molar-refractivity contribution is 0.666. The third kappa shape index (κ3) is 4.24. The number of benzene rings is 6. The highest BCUT2D eigenvalue weighted by molar-refractivity contribution is 5.98. The van der Waals surface area contributed by atoms with Gasteiger partial charge < -0.3 is 0 Å². The normalized spacial score (nSPS) is 13.1. The third-order valence-electron chi connectivity index (χ3n) is 8.71. The first-order valence-corrected chi connectivity index (χ1v) is 14.7. The van der Waals surface area contributed by atoms with Crippen molar-refractivity contribution < 1.29 is 0 Å². The van der Waals surface area contributed by atoms with Gasteiger partial charge in [0.2, 0.25) is 0 Å². The number of nitrogens with zero attached hydrogens (tertiary/aromatic N) is 3. The summed E-state index contributed by atoms with van der Waals surface area (Å²) in [5, 5.41) is 2.64. The Labute approximate surface area is 251 Å². The molecule has 1 aliphatic rings. The molecular formula is C40H29N3. The van der Waals surface area contributed by atoms with E-state index in [2.05, 4.69) is 92.7 Å². The summed E-state index contributed by atoms with van der Waals surface area (Å²) in [7, 11) is 0. The monoisotopic (exact) mass is 551 g/mol. The summed E-state index contributed by atoms with van der Waals surface area (Å²) >= 11 is 0. The summed E-state index contributed by atoms with van der Waals surface area (Å²) in [6, 6.07) is 49.0. The SMILES string of the molecule is CC1(C)c2cc(-c3ccc(-c4nc(-c5ccccc5)nc(-c5ccccc5)n4)cc3)ccc2-c2ccc3ccccc3c21. The second-order valence-corrected chi connectivity index (χ2v) is 11.7. The van der Waals surface area contributed by atoms with E-state index in [-0.39, 0.29) is 5.41 Å². The number of aromatic nitrogens is 3. The van der Waals surface area contributed by atoms with Gasteiger partial charge >= 0.3 is 0 Å². The van der Waals surface area contributed by atoms with Crippen molar-refractivity contribution in [3.8, 4) is 56.4 Å². The quantitative estimate of drug-likeness (QED) is 0.218. The van der Waals surface area contributed by atoms with Crippen molar-refractivity contribution in [2.45, 2.75) is 19.3 Å². The minimum Gasteiger partial charge on any atom is -0.208 e. The predicted molar refractivity (Wildman–Crippen MR) is 177 cm³/mol. The van der Waals surface area contributed by atoms with E-state index in [1.807, 2.05) is 60.7 Å². The van der Waals surface area contributed by atoms with E-state index < -0.39 is 0 Å².